The summed E-state index contributed by atoms with van der Waals surface area (Å²) < 4.78 is 13.3. The van der Waals surface area contributed by atoms with Gasteiger partial charge in [-0.15, -0.1) is 21.5 Å². The molecule has 0 fully saturated rings. The number of amides is 1. The Kier molecular flexibility index (Phi) is 5.18. The Balaban J connectivity index is 1.67. The Hall–Kier alpha value is -2.61. The van der Waals surface area contributed by atoms with Crippen LogP contribution in [0, 0.1) is 11.7 Å². The molecule has 2 heterocycles. The molecule has 0 spiro atoms. The Bertz CT molecular complexity index is 846. The molecule has 1 amide bonds. The largest absolute Gasteiger partial charge is 0.347 e. The first kappa shape index (κ1) is 17.2. The fourth-order valence-corrected chi connectivity index (χ4v) is 3.38. The minimum absolute atomic E-state index is 0.0447. The van der Waals surface area contributed by atoms with Crippen LogP contribution >= 0.6 is 11.3 Å². The molecule has 25 heavy (non-hydrogen) atoms. The standard InChI is InChI=1S/C17H18FN5OS/c1-11(2)16(14-7-4-8-25-14)19-15(24)10-23-21-17(20-22-23)12-5-3-6-13(18)9-12/h3-9,11,16H,10H2,1-2H3,(H,19,24)/t16-/m0/s1. The first-order chi connectivity index (χ1) is 12.0. The third-order valence-electron chi connectivity index (χ3n) is 3.65. The highest BCUT2D eigenvalue weighted by Crippen LogP contribution is 2.25. The topological polar surface area (TPSA) is 72.7 Å². The van der Waals surface area contributed by atoms with Crippen LogP contribution < -0.4 is 5.32 Å². The first-order valence-electron chi connectivity index (χ1n) is 7.89. The van der Waals surface area contributed by atoms with Gasteiger partial charge in [-0.2, -0.15) is 4.80 Å². The maximum Gasteiger partial charge on any atom is 0.244 e. The normalized spacial score (nSPS) is 12.3. The van der Waals surface area contributed by atoms with Crippen LogP contribution in [0.1, 0.15) is 24.8 Å². The van der Waals surface area contributed by atoms with E-state index < -0.39 is 0 Å². The van der Waals surface area contributed by atoms with Crippen LogP contribution in [0.2, 0.25) is 0 Å². The number of nitrogens with zero attached hydrogens (tertiary/aromatic N) is 4. The summed E-state index contributed by atoms with van der Waals surface area (Å²) in [6.45, 7) is 4.07. The highest BCUT2D eigenvalue weighted by atomic mass is 32.1. The molecular weight excluding hydrogens is 341 g/mol. The van der Waals surface area contributed by atoms with E-state index in [0.29, 0.717) is 5.56 Å². The number of halogens is 1. The molecule has 0 bridgehead atoms. The number of tetrazole rings is 1. The minimum atomic E-state index is -0.373. The monoisotopic (exact) mass is 359 g/mol. The van der Waals surface area contributed by atoms with E-state index in [9.17, 15) is 9.18 Å². The number of carbonyl (C=O) groups excluding carboxylic acids is 1. The lowest BCUT2D eigenvalue weighted by molar-refractivity contribution is -0.123. The van der Waals surface area contributed by atoms with Gasteiger partial charge in [0, 0.05) is 10.4 Å². The van der Waals surface area contributed by atoms with Gasteiger partial charge >= 0.3 is 0 Å². The van der Waals surface area contributed by atoms with Crippen LogP contribution in [-0.4, -0.2) is 26.1 Å². The molecule has 0 aliphatic rings. The molecule has 3 aromatic rings. The van der Waals surface area contributed by atoms with Crippen LogP contribution in [-0.2, 0) is 11.3 Å². The molecule has 0 saturated heterocycles. The van der Waals surface area contributed by atoms with Crippen LogP contribution in [0.25, 0.3) is 11.4 Å². The van der Waals surface area contributed by atoms with Gasteiger partial charge in [-0.05, 0) is 34.7 Å². The number of thiophene rings is 1. The van der Waals surface area contributed by atoms with Crippen molar-refractivity contribution in [2.24, 2.45) is 5.92 Å². The van der Waals surface area contributed by atoms with Gasteiger partial charge < -0.3 is 5.32 Å². The maximum absolute atomic E-state index is 13.3. The molecule has 1 N–H and O–H groups in total. The Morgan fingerprint density at radius 3 is 2.84 bits per heavy atom. The van der Waals surface area contributed by atoms with Crippen molar-refractivity contribution in [3.05, 3.63) is 52.5 Å². The van der Waals surface area contributed by atoms with E-state index in [1.807, 2.05) is 17.5 Å². The van der Waals surface area contributed by atoms with Crippen molar-refractivity contribution in [1.82, 2.24) is 25.5 Å². The lowest BCUT2D eigenvalue weighted by Crippen LogP contribution is -2.34. The molecule has 0 unspecified atom stereocenters. The summed E-state index contributed by atoms with van der Waals surface area (Å²) in [4.78, 5) is 14.6. The van der Waals surface area contributed by atoms with E-state index in [2.05, 4.69) is 34.6 Å². The molecule has 8 heteroatoms. The fraction of sp³-hybridized carbons (Fsp3) is 0.294. The van der Waals surface area contributed by atoms with Crippen molar-refractivity contribution in [1.29, 1.82) is 0 Å². The van der Waals surface area contributed by atoms with Gasteiger partial charge in [0.25, 0.3) is 0 Å². The second-order valence-corrected chi connectivity index (χ2v) is 6.94. The summed E-state index contributed by atoms with van der Waals surface area (Å²) in [6.07, 6.45) is 0. The van der Waals surface area contributed by atoms with Crippen molar-refractivity contribution >= 4 is 17.2 Å². The third-order valence-corrected chi connectivity index (χ3v) is 4.61. The number of carbonyl (C=O) groups is 1. The molecule has 130 valence electrons. The van der Waals surface area contributed by atoms with E-state index in [-0.39, 0.29) is 36.1 Å². The van der Waals surface area contributed by atoms with Crippen molar-refractivity contribution < 1.29 is 9.18 Å². The molecule has 0 aliphatic heterocycles. The summed E-state index contributed by atoms with van der Waals surface area (Å²) in [5.74, 6) is -0.0299. The predicted molar refractivity (Wildman–Crippen MR) is 93.3 cm³/mol. The number of hydrogen-bond donors (Lipinski definition) is 1. The van der Waals surface area contributed by atoms with Gasteiger partial charge in [-0.3, -0.25) is 4.79 Å². The number of hydrogen-bond acceptors (Lipinski definition) is 5. The van der Waals surface area contributed by atoms with Crippen molar-refractivity contribution in [3.63, 3.8) is 0 Å². The van der Waals surface area contributed by atoms with E-state index in [0.717, 1.165) is 4.88 Å². The fourth-order valence-electron chi connectivity index (χ4n) is 2.44. The van der Waals surface area contributed by atoms with Crippen molar-refractivity contribution in [2.45, 2.75) is 26.4 Å². The van der Waals surface area contributed by atoms with Crippen molar-refractivity contribution in [3.8, 4) is 11.4 Å². The number of rotatable bonds is 6. The summed E-state index contributed by atoms with van der Waals surface area (Å²) in [5, 5.41) is 16.9. The number of aromatic nitrogens is 4. The third kappa shape index (κ3) is 4.27. The molecule has 6 nitrogen and oxygen atoms in total. The molecule has 0 saturated carbocycles. The zero-order chi connectivity index (χ0) is 17.8. The van der Waals surface area contributed by atoms with Crippen molar-refractivity contribution in [2.75, 3.05) is 0 Å². The molecule has 1 aromatic carbocycles. The van der Waals surface area contributed by atoms with E-state index in [1.165, 1.54) is 16.9 Å². The van der Waals surface area contributed by atoms with Gasteiger partial charge in [-0.1, -0.05) is 32.0 Å². The summed E-state index contributed by atoms with van der Waals surface area (Å²) in [7, 11) is 0. The maximum atomic E-state index is 13.3. The van der Waals surface area contributed by atoms with Gasteiger partial charge in [0.2, 0.25) is 11.7 Å². The Morgan fingerprint density at radius 1 is 1.32 bits per heavy atom. The zero-order valence-corrected chi connectivity index (χ0v) is 14.7. The first-order valence-corrected chi connectivity index (χ1v) is 8.77. The average Bonchev–Trinajstić information content (AvgIpc) is 3.24. The zero-order valence-electron chi connectivity index (χ0n) is 13.9. The smallest absolute Gasteiger partial charge is 0.244 e. The highest BCUT2D eigenvalue weighted by molar-refractivity contribution is 7.10. The van der Waals surface area contributed by atoms with E-state index in [4.69, 9.17) is 0 Å². The molecule has 1 atom stereocenters. The molecular formula is C17H18FN5OS. The molecule has 0 radical (unpaired) electrons. The van der Waals surface area contributed by atoms with Crippen LogP contribution in [0.5, 0.6) is 0 Å². The second-order valence-electron chi connectivity index (χ2n) is 5.96. The van der Waals surface area contributed by atoms with E-state index in [1.54, 1.807) is 23.5 Å². The molecule has 3 rings (SSSR count). The molecule has 2 aromatic heterocycles. The predicted octanol–water partition coefficient (Wildman–Crippen LogP) is 3.05. The second kappa shape index (κ2) is 7.52. The summed E-state index contributed by atoms with van der Waals surface area (Å²) in [6, 6.07) is 9.85. The summed E-state index contributed by atoms with van der Waals surface area (Å²) >= 11 is 1.61. The van der Waals surface area contributed by atoms with Gasteiger partial charge in [0.15, 0.2) is 0 Å². The Morgan fingerprint density at radius 2 is 2.16 bits per heavy atom. The lowest BCUT2D eigenvalue weighted by Gasteiger charge is -2.21. The number of benzene rings is 1. The average molecular weight is 359 g/mol. The molecule has 0 aliphatic carbocycles. The SMILES string of the molecule is CC(C)[C@H](NC(=O)Cn1nnc(-c2cccc(F)c2)n1)c1cccs1. The van der Waals surface area contributed by atoms with Gasteiger partial charge in [-0.25, -0.2) is 4.39 Å². The van der Waals surface area contributed by atoms with Gasteiger partial charge in [0.05, 0.1) is 6.04 Å². The highest BCUT2D eigenvalue weighted by Gasteiger charge is 2.20. The quantitative estimate of drug-likeness (QED) is 0.734. The van der Waals surface area contributed by atoms with Crippen LogP contribution in [0.4, 0.5) is 4.39 Å². The number of nitrogens with one attached hydrogen (secondary N) is 1. The van der Waals surface area contributed by atoms with Gasteiger partial charge in [0.1, 0.15) is 12.4 Å². The van der Waals surface area contributed by atoms with Crippen LogP contribution in [0.3, 0.4) is 0 Å². The Labute approximate surface area is 148 Å². The minimum Gasteiger partial charge on any atom is -0.347 e. The van der Waals surface area contributed by atoms with Crippen LogP contribution in [0.15, 0.2) is 41.8 Å². The summed E-state index contributed by atoms with van der Waals surface area (Å²) in [5.41, 5.74) is 0.519. The lowest BCUT2D eigenvalue weighted by atomic mass is 10.0. The van der Waals surface area contributed by atoms with E-state index >= 15 is 0 Å².